The molecule has 0 unspecified atom stereocenters. The van der Waals surface area contributed by atoms with E-state index in [0.29, 0.717) is 0 Å². The number of aromatic nitrogens is 2. The van der Waals surface area contributed by atoms with Gasteiger partial charge in [-0.2, -0.15) is 18.3 Å². The molecule has 1 aromatic heterocycles. The number of alkyl halides is 3. The second-order valence-corrected chi connectivity index (χ2v) is 2.77. The van der Waals surface area contributed by atoms with Crippen molar-refractivity contribution in [2.75, 3.05) is 0 Å². The molecule has 0 bridgehead atoms. The first kappa shape index (κ1) is 10.6. The predicted octanol–water partition coefficient (Wildman–Crippen LogP) is 1.52. The molecule has 0 atom stereocenters. The molecule has 1 rings (SSSR count). The van der Waals surface area contributed by atoms with E-state index in [-0.39, 0.29) is 5.69 Å². The summed E-state index contributed by atoms with van der Waals surface area (Å²) in [7, 11) is 0. The van der Waals surface area contributed by atoms with Gasteiger partial charge >= 0.3 is 12.1 Å². The molecular weight excluding hydrogens is 201 g/mol. The largest absolute Gasteiger partial charge is 0.478 e. The van der Waals surface area contributed by atoms with Crippen LogP contribution >= 0.6 is 0 Å². The molecule has 7 heteroatoms. The average molecular weight is 208 g/mol. The summed E-state index contributed by atoms with van der Waals surface area (Å²) in [5.74, 6) is -1.41. The molecule has 1 heterocycles. The lowest BCUT2D eigenvalue weighted by Gasteiger charge is -2.03. The van der Waals surface area contributed by atoms with Crippen LogP contribution < -0.4 is 0 Å². The van der Waals surface area contributed by atoms with E-state index >= 15 is 0 Å². The van der Waals surface area contributed by atoms with Gasteiger partial charge in [-0.3, -0.25) is 5.10 Å². The van der Waals surface area contributed by atoms with E-state index in [2.05, 4.69) is 10.2 Å². The molecule has 0 aromatic carbocycles. The third-order valence-electron chi connectivity index (χ3n) is 1.60. The smallest absolute Gasteiger partial charge is 0.394 e. The molecule has 0 aliphatic heterocycles. The summed E-state index contributed by atoms with van der Waals surface area (Å²) in [5.41, 5.74) is -0.762. The fourth-order valence-electron chi connectivity index (χ4n) is 1.08. The fourth-order valence-corrected chi connectivity index (χ4v) is 1.08. The number of carboxylic acids is 1. The van der Waals surface area contributed by atoms with Crippen molar-refractivity contribution < 1.29 is 23.1 Å². The quantitative estimate of drug-likeness (QED) is 0.774. The van der Waals surface area contributed by atoms with E-state index in [4.69, 9.17) is 5.11 Å². The average Bonchev–Trinajstić information content (AvgIpc) is 2.27. The summed E-state index contributed by atoms with van der Waals surface area (Å²) in [6, 6.07) is 0. The third kappa shape index (κ3) is 2.24. The van der Waals surface area contributed by atoms with Gasteiger partial charge in [0.05, 0.1) is 12.1 Å². The number of nitrogens with one attached hydrogen (secondary N) is 1. The molecular formula is C7H7F3N2O2. The van der Waals surface area contributed by atoms with Crippen molar-refractivity contribution in [3.05, 3.63) is 17.0 Å². The summed E-state index contributed by atoms with van der Waals surface area (Å²) in [6.07, 6.45) is -5.79. The zero-order valence-corrected chi connectivity index (χ0v) is 7.14. The molecule has 2 N–H and O–H groups in total. The van der Waals surface area contributed by atoms with Crippen molar-refractivity contribution in [2.24, 2.45) is 0 Å². The van der Waals surface area contributed by atoms with Gasteiger partial charge in [-0.1, -0.05) is 0 Å². The van der Waals surface area contributed by atoms with Gasteiger partial charge in [-0.05, 0) is 6.92 Å². The summed E-state index contributed by atoms with van der Waals surface area (Å²) in [5, 5.41) is 14.1. The number of carbonyl (C=O) groups is 1. The number of nitrogens with zero attached hydrogens (tertiary/aromatic N) is 1. The lowest BCUT2D eigenvalue weighted by Crippen LogP contribution is -2.14. The van der Waals surface area contributed by atoms with Crippen LogP contribution in [0, 0.1) is 6.92 Å². The Bertz CT molecular complexity index is 356. The number of aryl methyl sites for hydroxylation is 1. The Kier molecular flexibility index (Phi) is 2.50. The summed E-state index contributed by atoms with van der Waals surface area (Å²) < 4.78 is 35.8. The number of carboxylic acid groups (broad SMARTS) is 1. The minimum Gasteiger partial charge on any atom is -0.478 e. The van der Waals surface area contributed by atoms with Crippen LogP contribution in [0.1, 0.15) is 21.7 Å². The second-order valence-electron chi connectivity index (χ2n) is 2.77. The van der Waals surface area contributed by atoms with Crippen molar-refractivity contribution in [1.82, 2.24) is 10.2 Å². The summed E-state index contributed by atoms with van der Waals surface area (Å²) in [6.45, 7) is 1.36. The van der Waals surface area contributed by atoms with Gasteiger partial charge in [0.15, 0.2) is 0 Å². The molecule has 0 aliphatic carbocycles. The van der Waals surface area contributed by atoms with Gasteiger partial charge in [0, 0.05) is 5.69 Å². The minimum atomic E-state index is -4.45. The van der Waals surface area contributed by atoms with Gasteiger partial charge in [0.2, 0.25) is 0 Å². The molecule has 14 heavy (non-hydrogen) atoms. The summed E-state index contributed by atoms with van der Waals surface area (Å²) in [4.78, 5) is 10.6. The number of rotatable bonds is 2. The van der Waals surface area contributed by atoms with E-state index in [9.17, 15) is 18.0 Å². The highest BCUT2D eigenvalue weighted by molar-refractivity contribution is 5.90. The highest BCUT2D eigenvalue weighted by atomic mass is 19.4. The lowest BCUT2D eigenvalue weighted by atomic mass is 10.1. The highest BCUT2D eigenvalue weighted by Gasteiger charge is 2.32. The second kappa shape index (κ2) is 3.32. The maximum atomic E-state index is 11.9. The topological polar surface area (TPSA) is 66.0 Å². The maximum absolute atomic E-state index is 11.9. The fraction of sp³-hybridized carbons (Fsp3) is 0.429. The first-order valence-electron chi connectivity index (χ1n) is 3.65. The molecule has 0 amide bonds. The van der Waals surface area contributed by atoms with E-state index in [0.717, 1.165) is 0 Å². The van der Waals surface area contributed by atoms with Gasteiger partial charge in [0.25, 0.3) is 0 Å². The van der Waals surface area contributed by atoms with Crippen molar-refractivity contribution in [3.63, 3.8) is 0 Å². The number of aromatic carboxylic acids is 1. The number of halogens is 3. The van der Waals surface area contributed by atoms with Crippen LogP contribution in [0.3, 0.4) is 0 Å². The van der Waals surface area contributed by atoms with Crippen molar-refractivity contribution in [2.45, 2.75) is 19.5 Å². The first-order valence-corrected chi connectivity index (χ1v) is 3.65. The van der Waals surface area contributed by atoms with Crippen molar-refractivity contribution in [1.29, 1.82) is 0 Å². The van der Waals surface area contributed by atoms with Gasteiger partial charge in [-0.15, -0.1) is 0 Å². The molecule has 1 aromatic rings. The minimum absolute atomic E-state index is 0.122. The number of hydrogen-bond acceptors (Lipinski definition) is 2. The molecule has 0 fully saturated rings. The molecule has 0 spiro atoms. The van der Waals surface area contributed by atoms with Crippen LogP contribution in [0.4, 0.5) is 13.2 Å². The molecule has 0 aliphatic rings. The number of hydrogen-bond donors (Lipinski definition) is 2. The SMILES string of the molecule is Cc1[nH]nc(CC(F)(F)F)c1C(=O)O. The van der Waals surface area contributed by atoms with E-state index < -0.39 is 29.8 Å². The zero-order valence-electron chi connectivity index (χ0n) is 7.14. The van der Waals surface area contributed by atoms with Gasteiger partial charge in [-0.25, -0.2) is 4.79 Å². The normalized spacial score (nSPS) is 11.7. The van der Waals surface area contributed by atoms with E-state index in [1.807, 2.05) is 0 Å². The van der Waals surface area contributed by atoms with Crippen molar-refractivity contribution >= 4 is 5.97 Å². The molecule has 0 saturated heterocycles. The Morgan fingerprint density at radius 1 is 1.57 bits per heavy atom. The maximum Gasteiger partial charge on any atom is 0.394 e. The molecule has 78 valence electrons. The number of aromatic amines is 1. The van der Waals surface area contributed by atoms with Crippen LogP contribution in [-0.4, -0.2) is 27.4 Å². The van der Waals surface area contributed by atoms with Crippen LogP contribution in [0.5, 0.6) is 0 Å². The molecule has 4 nitrogen and oxygen atoms in total. The first-order chi connectivity index (χ1) is 6.31. The Labute approximate surface area is 76.7 Å². The van der Waals surface area contributed by atoms with Crippen LogP contribution in [0.25, 0.3) is 0 Å². The lowest BCUT2D eigenvalue weighted by molar-refractivity contribution is -0.127. The van der Waals surface area contributed by atoms with Gasteiger partial charge < -0.3 is 5.11 Å². The van der Waals surface area contributed by atoms with Crippen LogP contribution in [0.15, 0.2) is 0 Å². The van der Waals surface area contributed by atoms with Gasteiger partial charge in [0.1, 0.15) is 5.56 Å². The van der Waals surface area contributed by atoms with E-state index in [1.54, 1.807) is 0 Å². The molecule has 0 radical (unpaired) electrons. The Balaban J connectivity index is 3.04. The van der Waals surface area contributed by atoms with E-state index in [1.165, 1.54) is 6.92 Å². The number of H-pyrrole nitrogens is 1. The third-order valence-corrected chi connectivity index (χ3v) is 1.60. The monoisotopic (exact) mass is 208 g/mol. The van der Waals surface area contributed by atoms with Crippen LogP contribution in [0.2, 0.25) is 0 Å². The Morgan fingerprint density at radius 3 is 2.57 bits per heavy atom. The Hall–Kier alpha value is -1.53. The Morgan fingerprint density at radius 2 is 2.14 bits per heavy atom. The zero-order chi connectivity index (χ0) is 10.9. The predicted molar refractivity (Wildman–Crippen MR) is 40.0 cm³/mol. The van der Waals surface area contributed by atoms with Crippen molar-refractivity contribution in [3.8, 4) is 0 Å². The van der Waals surface area contributed by atoms with Crippen LogP contribution in [-0.2, 0) is 6.42 Å². The highest BCUT2D eigenvalue weighted by Crippen LogP contribution is 2.23. The standard InChI is InChI=1S/C7H7F3N2O2/c1-3-5(6(13)14)4(12-11-3)2-7(8,9)10/h2H2,1H3,(H,11,12)(H,13,14). The molecule has 0 saturated carbocycles. The summed E-state index contributed by atoms with van der Waals surface area (Å²) >= 11 is 0.